The maximum Gasteiger partial charge on any atom is 0.196 e. The molecule has 0 bridgehead atoms. The molecule has 1 amide bonds. The van der Waals surface area contributed by atoms with E-state index in [1.54, 1.807) is 12.1 Å². The van der Waals surface area contributed by atoms with Gasteiger partial charge in [-0.05, 0) is 47.9 Å². The van der Waals surface area contributed by atoms with Crippen LogP contribution in [-0.4, -0.2) is 11.0 Å². The third-order valence-electron chi connectivity index (χ3n) is 5.83. The molecule has 4 rings (SSSR count). The van der Waals surface area contributed by atoms with Gasteiger partial charge in [0.2, 0.25) is 0 Å². The van der Waals surface area contributed by atoms with Gasteiger partial charge in [-0.1, -0.05) is 84.5 Å². The minimum absolute atomic E-state index is 0. The largest absolute Gasteiger partial charge is 0.489 e. The van der Waals surface area contributed by atoms with Crippen molar-refractivity contribution in [2.75, 3.05) is 0 Å². The van der Waals surface area contributed by atoms with Gasteiger partial charge in [0.25, 0.3) is 0 Å². The van der Waals surface area contributed by atoms with Crippen LogP contribution >= 0.6 is 11.6 Å². The topological polar surface area (TPSA) is 82.3 Å². The molecule has 1 fully saturated rings. The van der Waals surface area contributed by atoms with Gasteiger partial charge in [-0.15, -0.1) is 6.07 Å². The molecule has 0 heterocycles. The van der Waals surface area contributed by atoms with Gasteiger partial charge in [-0.25, -0.2) is 5.26 Å². The Kier molecular flexibility index (Phi) is 10.8. The predicted molar refractivity (Wildman–Crippen MR) is 137 cm³/mol. The number of carbonyl (C=O) groups is 1. The van der Waals surface area contributed by atoms with E-state index in [1.165, 1.54) is 5.56 Å². The summed E-state index contributed by atoms with van der Waals surface area (Å²) in [5.41, 5.74) is 4.31. The van der Waals surface area contributed by atoms with Gasteiger partial charge in [0.1, 0.15) is 12.4 Å². The Morgan fingerprint density at radius 2 is 1.67 bits per heavy atom. The molecule has 1 aliphatic carbocycles. The van der Waals surface area contributed by atoms with E-state index in [1.807, 2.05) is 36.4 Å². The van der Waals surface area contributed by atoms with E-state index < -0.39 is 0 Å². The summed E-state index contributed by atoms with van der Waals surface area (Å²) < 4.78 is 5.65. The molecular weight excluding hydrogens is 717 g/mol. The Morgan fingerprint density at radius 1 is 1.06 bits per heavy atom. The summed E-state index contributed by atoms with van der Waals surface area (Å²) in [5, 5.41) is 21.4. The minimum atomic E-state index is -0.220. The average Bonchev–Trinajstić information content (AvgIpc) is 3.38. The zero-order valence-electron chi connectivity index (χ0n) is 20.1. The first kappa shape index (κ1) is 27.8. The van der Waals surface area contributed by atoms with Crippen molar-refractivity contribution in [3.05, 3.63) is 106 Å². The van der Waals surface area contributed by atoms with Crippen LogP contribution in [-0.2, 0) is 24.6 Å². The number of amides is 1. The Hall–Kier alpha value is -4.46. The Labute approximate surface area is 212 Å². The summed E-state index contributed by atoms with van der Waals surface area (Å²) in [6.07, 6.45) is 2.48. The SMILES string of the molecule is Cc1ccc(COc2ccc(CO)cc2)cc1.N#C[C-]1CCCC1C(=O)NCc1ccc(Cl)cc1.[Fm]. The van der Waals surface area contributed by atoms with Crippen molar-refractivity contribution >= 4 is 17.5 Å². The fourth-order valence-electron chi connectivity index (χ4n) is 3.72. The van der Waals surface area contributed by atoms with E-state index in [9.17, 15) is 4.79 Å². The standard InChI is InChI=1S/C15H16O2.C14H14ClN2O.Fm/c1-12-2-4-14(5-3-12)11-17-15-8-6-13(10-16)7-9-15;15-12-6-4-10(5-7-12)9-17-14(18)13-3-1-2-11(13)8-16;/h2-9,16H,10-11H2,1H3;4-7,13H,1-3,9H2,(H,17,18);/q;-1;. The number of benzene rings is 3. The molecule has 3 aromatic rings. The van der Waals surface area contributed by atoms with Crippen LogP contribution in [0, 0.1) is 30.1 Å². The number of ether oxygens (including phenoxy) is 1. The molecule has 36 heavy (non-hydrogen) atoms. The maximum absolute atomic E-state index is 11.9. The first-order chi connectivity index (χ1) is 17.0. The molecule has 194 valence electrons. The van der Waals surface area contributed by atoms with Crippen LogP contribution in [0.4, 0.5) is 0 Å². The second-order valence-corrected chi connectivity index (χ2v) is 8.94. The molecule has 2 N–H and O–H groups in total. The fraction of sp³-hybridized carbons (Fsp3) is 0.276. The number of rotatable bonds is 7. The van der Waals surface area contributed by atoms with Crippen LogP contribution in [0.1, 0.15) is 41.5 Å². The summed E-state index contributed by atoms with van der Waals surface area (Å²) >= 11 is 5.79. The number of hydrogen-bond acceptors (Lipinski definition) is 4. The van der Waals surface area contributed by atoms with Crippen LogP contribution in [0.5, 0.6) is 5.75 Å². The second-order valence-electron chi connectivity index (χ2n) is 8.50. The van der Waals surface area contributed by atoms with Gasteiger partial charge in [-0.2, -0.15) is 6.42 Å². The molecule has 0 saturated heterocycles. The van der Waals surface area contributed by atoms with E-state index in [2.05, 4.69) is 42.6 Å². The van der Waals surface area contributed by atoms with Crippen LogP contribution in [0.15, 0.2) is 72.8 Å². The first-order valence-electron chi connectivity index (χ1n) is 11.6. The number of nitrogens with one attached hydrogen (secondary N) is 1. The molecular formula is C29H30ClFmN2O3-. The molecule has 1 aliphatic rings. The molecule has 3 aromatic carbocycles. The third kappa shape index (κ3) is 8.39. The van der Waals surface area contributed by atoms with Crippen molar-refractivity contribution in [2.24, 2.45) is 5.92 Å². The average molecular weight is 747 g/mol. The summed E-state index contributed by atoms with van der Waals surface area (Å²) in [4.78, 5) is 11.9. The number of nitriles is 1. The van der Waals surface area contributed by atoms with Crippen LogP contribution < -0.4 is 10.1 Å². The third-order valence-corrected chi connectivity index (χ3v) is 6.08. The first-order valence-corrected chi connectivity index (χ1v) is 12.0. The molecule has 0 aromatic heterocycles. The van der Waals surface area contributed by atoms with Gasteiger partial charge in [0, 0.05) is 11.6 Å². The van der Waals surface area contributed by atoms with Gasteiger partial charge >= 0.3 is 0 Å². The van der Waals surface area contributed by atoms with Gasteiger partial charge < -0.3 is 15.2 Å². The van der Waals surface area contributed by atoms with Crippen molar-refractivity contribution in [3.8, 4) is 11.8 Å². The van der Waals surface area contributed by atoms with Crippen molar-refractivity contribution < 1.29 is 14.6 Å². The predicted octanol–water partition coefficient (Wildman–Crippen LogP) is 5.92. The van der Waals surface area contributed by atoms with E-state index in [0.717, 1.165) is 41.7 Å². The van der Waals surface area contributed by atoms with Crippen LogP contribution in [0.25, 0.3) is 0 Å². The Bertz CT molecular complexity index is 1110. The number of hydrogen-bond donors (Lipinski definition) is 2. The van der Waals surface area contributed by atoms with Gasteiger partial charge in [0.05, 0.1) is 6.61 Å². The smallest absolute Gasteiger partial charge is 0.196 e. The number of aryl methyl sites for hydroxylation is 1. The van der Waals surface area contributed by atoms with Crippen molar-refractivity contribution in [2.45, 2.75) is 45.9 Å². The maximum atomic E-state index is 11.9. The van der Waals surface area contributed by atoms with E-state index in [-0.39, 0.29) is 18.4 Å². The minimum Gasteiger partial charge on any atom is -0.489 e. The quantitative estimate of drug-likeness (QED) is 0.295. The van der Waals surface area contributed by atoms with Gasteiger partial charge in [0.15, 0.2) is 5.91 Å². The Balaban J connectivity index is 0.000000247. The molecule has 7 heteroatoms. The van der Waals surface area contributed by atoms with Crippen molar-refractivity contribution in [1.82, 2.24) is 5.32 Å². The number of nitrogens with zero attached hydrogens (tertiary/aromatic N) is 1. The fourth-order valence-corrected chi connectivity index (χ4v) is 3.85. The number of aliphatic hydroxyl groups excluding tert-OH is 1. The molecule has 0 aliphatic heterocycles. The Morgan fingerprint density at radius 3 is 2.28 bits per heavy atom. The number of aliphatic hydroxyl groups is 1. The number of carbonyl (C=O) groups excluding carboxylic acids is 1. The second kappa shape index (κ2) is 14.1. The van der Waals surface area contributed by atoms with Crippen molar-refractivity contribution in [1.29, 1.82) is 5.26 Å². The van der Waals surface area contributed by atoms with E-state index >= 15 is 0 Å². The molecule has 5 nitrogen and oxygen atoms in total. The zero-order chi connectivity index (χ0) is 25.0. The summed E-state index contributed by atoms with van der Waals surface area (Å²) in [6, 6.07) is 25.3. The van der Waals surface area contributed by atoms with E-state index in [0.29, 0.717) is 24.1 Å². The normalized spacial score (nSPS) is 14.1. The molecule has 1 atom stereocenters. The summed E-state index contributed by atoms with van der Waals surface area (Å²) in [6.45, 7) is 3.18. The summed E-state index contributed by atoms with van der Waals surface area (Å²) in [5.74, 6) is 1.27. The molecule has 0 radical (unpaired) electrons. The van der Waals surface area contributed by atoms with E-state index in [4.69, 9.17) is 26.7 Å². The van der Waals surface area contributed by atoms with Gasteiger partial charge in [-0.3, -0.25) is 10.7 Å². The molecule has 1 unspecified atom stereocenters. The van der Waals surface area contributed by atoms with Crippen LogP contribution in [0.2, 0.25) is 5.02 Å². The number of halogens is 1. The molecule has 1 saturated carbocycles. The molecule has 0 spiro atoms. The summed E-state index contributed by atoms with van der Waals surface area (Å²) in [7, 11) is 0. The monoisotopic (exact) mass is 746 g/mol. The van der Waals surface area contributed by atoms with Crippen molar-refractivity contribution in [3.63, 3.8) is 0 Å². The zero-order valence-corrected chi connectivity index (χ0v) is 23.3. The van der Waals surface area contributed by atoms with Crippen LogP contribution in [0.3, 0.4) is 0 Å².